The third-order valence-corrected chi connectivity index (χ3v) is 7.75. The summed E-state index contributed by atoms with van der Waals surface area (Å²) >= 11 is 6.10. The van der Waals surface area contributed by atoms with Crippen molar-refractivity contribution in [2.75, 3.05) is 24.3 Å². The summed E-state index contributed by atoms with van der Waals surface area (Å²) in [4.78, 5) is 14.4. The number of nitrogens with zero attached hydrogens (tertiary/aromatic N) is 2. The van der Waals surface area contributed by atoms with E-state index in [1.54, 1.807) is 18.2 Å². The minimum absolute atomic E-state index is 0.0625. The average Bonchev–Trinajstić information content (AvgIpc) is 2.70. The first kappa shape index (κ1) is 27.2. The van der Waals surface area contributed by atoms with Gasteiger partial charge in [-0.05, 0) is 60.7 Å². The molecule has 0 spiro atoms. The van der Waals surface area contributed by atoms with Crippen LogP contribution in [0.3, 0.4) is 0 Å². The van der Waals surface area contributed by atoms with Crippen molar-refractivity contribution >= 4 is 38.9 Å². The highest BCUT2D eigenvalue weighted by molar-refractivity contribution is 7.89. The molecular weight excluding hydrogens is 458 g/mol. The van der Waals surface area contributed by atoms with Gasteiger partial charge in [-0.25, -0.2) is 8.42 Å². The van der Waals surface area contributed by atoms with E-state index in [9.17, 15) is 13.2 Å². The highest BCUT2D eigenvalue weighted by Crippen LogP contribution is 2.30. The molecule has 182 valence electrons. The van der Waals surface area contributed by atoms with Gasteiger partial charge in [-0.1, -0.05) is 45.4 Å². The van der Waals surface area contributed by atoms with Crippen molar-refractivity contribution in [1.82, 2.24) is 4.31 Å². The van der Waals surface area contributed by atoms with Crippen LogP contribution >= 0.6 is 11.6 Å². The summed E-state index contributed by atoms with van der Waals surface area (Å²) in [6.45, 7) is 10.1. The van der Waals surface area contributed by atoms with Crippen LogP contribution in [0.25, 0.3) is 0 Å². The molecule has 2 rings (SSSR count). The van der Waals surface area contributed by atoms with Crippen LogP contribution in [0.5, 0.6) is 0 Å². The number of halogens is 1. The minimum Gasteiger partial charge on any atom is -0.377 e. The number of hydrogen-bond acceptors (Lipinski definition) is 4. The summed E-state index contributed by atoms with van der Waals surface area (Å²) < 4.78 is 28.9. The van der Waals surface area contributed by atoms with Crippen molar-refractivity contribution < 1.29 is 13.2 Å². The topological polar surface area (TPSA) is 69.7 Å². The van der Waals surface area contributed by atoms with Crippen molar-refractivity contribution in [1.29, 1.82) is 0 Å². The Balaban J connectivity index is 2.52. The van der Waals surface area contributed by atoms with Crippen LogP contribution in [0.4, 0.5) is 11.4 Å². The Bertz CT molecular complexity index is 1070. The maximum absolute atomic E-state index is 13.7. The molecule has 1 amide bonds. The van der Waals surface area contributed by atoms with Gasteiger partial charge in [0.2, 0.25) is 15.9 Å². The predicted octanol–water partition coefficient (Wildman–Crippen LogP) is 5.63. The van der Waals surface area contributed by atoms with E-state index in [1.165, 1.54) is 10.4 Å². The van der Waals surface area contributed by atoms with Gasteiger partial charge >= 0.3 is 0 Å². The zero-order valence-corrected chi connectivity index (χ0v) is 22.2. The quantitative estimate of drug-likeness (QED) is 0.466. The molecule has 1 N–H and O–H groups in total. The van der Waals surface area contributed by atoms with Crippen LogP contribution in [0.1, 0.15) is 46.6 Å². The summed E-state index contributed by atoms with van der Waals surface area (Å²) in [5.74, 6) is 0.277. The van der Waals surface area contributed by atoms with Gasteiger partial charge in [0.25, 0.3) is 0 Å². The second-order valence-corrected chi connectivity index (χ2v) is 11.7. The number of carbonyl (C=O) groups is 1. The number of nitrogens with one attached hydrogen (secondary N) is 1. The molecule has 1 atom stereocenters. The van der Waals surface area contributed by atoms with Gasteiger partial charge in [0, 0.05) is 49.5 Å². The molecule has 2 aromatic carbocycles. The highest BCUT2D eigenvalue weighted by Gasteiger charge is 2.32. The Morgan fingerprint density at radius 2 is 1.70 bits per heavy atom. The maximum atomic E-state index is 13.7. The van der Waals surface area contributed by atoms with E-state index in [1.807, 2.05) is 71.8 Å². The molecule has 33 heavy (non-hydrogen) atoms. The predicted molar refractivity (Wildman–Crippen MR) is 137 cm³/mol. The monoisotopic (exact) mass is 493 g/mol. The summed E-state index contributed by atoms with van der Waals surface area (Å²) in [6, 6.07) is 11.7. The lowest BCUT2D eigenvalue weighted by Gasteiger charge is -2.32. The van der Waals surface area contributed by atoms with E-state index < -0.39 is 10.0 Å². The Labute approximate surface area is 204 Å². The van der Waals surface area contributed by atoms with Crippen molar-refractivity contribution in [3.05, 3.63) is 53.1 Å². The summed E-state index contributed by atoms with van der Waals surface area (Å²) in [6.07, 6.45) is 0.421. The molecule has 6 nitrogen and oxygen atoms in total. The molecule has 0 aromatic heterocycles. The lowest BCUT2D eigenvalue weighted by molar-refractivity contribution is -0.116. The van der Waals surface area contributed by atoms with Crippen LogP contribution in [-0.2, 0) is 21.4 Å². The molecular formula is C25H36ClN3O3S. The average molecular weight is 494 g/mol. The fourth-order valence-corrected chi connectivity index (χ4v) is 5.56. The van der Waals surface area contributed by atoms with E-state index in [0.717, 1.165) is 11.3 Å². The minimum atomic E-state index is -3.82. The van der Waals surface area contributed by atoms with E-state index >= 15 is 0 Å². The third-order valence-electron chi connectivity index (χ3n) is 5.59. The first-order valence-corrected chi connectivity index (χ1v) is 13.0. The molecule has 0 saturated heterocycles. The largest absolute Gasteiger partial charge is 0.377 e. The number of carbonyl (C=O) groups excluding carboxylic acids is 1. The fourth-order valence-electron chi connectivity index (χ4n) is 3.52. The zero-order chi connectivity index (χ0) is 24.9. The molecule has 0 radical (unpaired) electrons. The number of rotatable bonds is 10. The van der Waals surface area contributed by atoms with Gasteiger partial charge < -0.3 is 10.2 Å². The summed E-state index contributed by atoms with van der Waals surface area (Å²) in [5, 5.41) is 3.31. The van der Waals surface area contributed by atoms with Crippen molar-refractivity contribution in [2.24, 2.45) is 11.8 Å². The molecule has 0 unspecified atom stereocenters. The van der Waals surface area contributed by atoms with Gasteiger partial charge in [0.05, 0.1) is 4.90 Å². The van der Waals surface area contributed by atoms with Crippen molar-refractivity contribution in [3.63, 3.8) is 0 Å². The lowest BCUT2D eigenvalue weighted by Crippen LogP contribution is -2.41. The number of benzene rings is 2. The van der Waals surface area contributed by atoms with Crippen LogP contribution in [0.2, 0.25) is 5.02 Å². The second kappa shape index (κ2) is 11.4. The Hall–Kier alpha value is -2.09. The van der Waals surface area contributed by atoms with Crippen LogP contribution in [-0.4, -0.2) is 38.8 Å². The molecule has 0 heterocycles. The van der Waals surface area contributed by atoms with E-state index in [0.29, 0.717) is 17.1 Å². The molecule has 0 saturated carbocycles. The van der Waals surface area contributed by atoms with Crippen LogP contribution in [0, 0.1) is 11.8 Å². The number of anilines is 2. The lowest BCUT2D eigenvalue weighted by atomic mass is 10.1. The van der Waals surface area contributed by atoms with E-state index in [2.05, 4.69) is 5.32 Å². The number of sulfonamides is 1. The van der Waals surface area contributed by atoms with E-state index in [4.69, 9.17) is 11.6 Å². The normalized spacial score (nSPS) is 12.9. The molecule has 0 aliphatic rings. The van der Waals surface area contributed by atoms with Crippen LogP contribution < -0.4 is 10.2 Å². The molecule has 8 heteroatoms. The van der Waals surface area contributed by atoms with Gasteiger partial charge in [-0.15, -0.1) is 0 Å². The number of hydrogen-bond donors (Lipinski definition) is 1. The van der Waals surface area contributed by atoms with Gasteiger partial charge in [-0.3, -0.25) is 4.79 Å². The summed E-state index contributed by atoms with van der Waals surface area (Å²) in [7, 11) is 0.0112. The molecule has 2 aromatic rings. The van der Waals surface area contributed by atoms with Gasteiger partial charge in [0.1, 0.15) is 0 Å². The molecule has 0 aliphatic heterocycles. The summed E-state index contributed by atoms with van der Waals surface area (Å²) in [5.41, 5.74) is 2.35. The highest BCUT2D eigenvalue weighted by atomic mass is 35.5. The maximum Gasteiger partial charge on any atom is 0.243 e. The first-order valence-electron chi connectivity index (χ1n) is 11.2. The molecule has 0 fully saturated rings. The second-order valence-electron chi connectivity index (χ2n) is 9.38. The first-order chi connectivity index (χ1) is 15.3. The Kier molecular flexibility index (Phi) is 9.35. The van der Waals surface area contributed by atoms with Crippen molar-refractivity contribution in [2.45, 2.75) is 58.5 Å². The van der Waals surface area contributed by atoms with Gasteiger partial charge in [-0.2, -0.15) is 4.31 Å². The Morgan fingerprint density at radius 3 is 2.24 bits per heavy atom. The number of amides is 1. The van der Waals surface area contributed by atoms with Crippen molar-refractivity contribution in [3.8, 4) is 0 Å². The fraction of sp³-hybridized carbons (Fsp3) is 0.480. The molecule has 0 aliphatic carbocycles. The van der Waals surface area contributed by atoms with Gasteiger partial charge in [0.15, 0.2) is 0 Å². The standard InChI is InChI=1S/C25H36ClN3O3S/c1-17(2)13-25(30)27-22-11-12-24(28(6)7)20(14-22)16-29(19(5)18(3)4)33(31,32)23-10-8-9-21(26)15-23/h8-12,14-15,17-19H,13,16H2,1-7H3,(H,27,30)/t19-/m1/s1. The van der Waals surface area contributed by atoms with E-state index in [-0.39, 0.29) is 35.2 Å². The van der Waals surface area contributed by atoms with Crippen LogP contribution in [0.15, 0.2) is 47.4 Å². The smallest absolute Gasteiger partial charge is 0.243 e. The Morgan fingerprint density at radius 1 is 1.03 bits per heavy atom. The SMILES string of the molecule is CC(C)CC(=O)Nc1ccc(N(C)C)c(CN([C@H](C)C(C)C)S(=O)(=O)c2cccc(Cl)c2)c1. The third kappa shape index (κ3) is 7.19. The zero-order valence-electron chi connectivity index (χ0n) is 20.6. The molecule has 0 bridgehead atoms.